The van der Waals surface area contributed by atoms with Gasteiger partial charge in [0.1, 0.15) is 29.7 Å². The number of rotatable bonds is 7. The van der Waals surface area contributed by atoms with E-state index in [0.717, 1.165) is 17.6 Å². The van der Waals surface area contributed by atoms with Crippen molar-refractivity contribution in [3.05, 3.63) is 45.1 Å². The maximum Gasteiger partial charge on any atom is 0.337 e. The molecule has 11 nitrogen and oxygen atoms in total. The van der Waals surface area contributed by atoms with E-state index in [9.17, 15) is 39.3 Å². The third-order valence-corrected chi connectivity index (χ3v) is 14.6. The summed E-state index contributed by atoms with van der Waals surface area (Å²) in [5.41, 5.74) is -1.99. The van der Waals surface area contributed by atoms with Gasteiger partial charge in [0.15, 0.2) is 5.78 Å². The van der Waals surface area contributed by atoms with Crippen LogP contribution in [0.2, 0.25) is 0 Å². The average molecular weight is 677 g/mol. The van der Waals surface area contributed by atoms with Gasteiger partial charge in [0, 0.05) is 34.8 Å². The van der Waals surface area contributed by atoms with Crippen LogP contribution in [0.5, 0.6) is 0 Å². The zero-order valence-corrected chi connectivity index (χ0v) is 28.8. The van der Waals surface area contributed by atoms with Gasteiger partial charge in [-0.3, -0.25) is 9.59 Å². The lowest BCUT2D eigenvalue weighted by Crippen LogP contribution is -2.67. The van der Waals surface area contributed by atoms with E-state index in [1.807, 2.05) is 6.92 Å². The molecule has 5 fully saturated rings. The van der Waals surface area contributed by atoms with Gasteiger partial charge in [-0.1, -0.05) is 25.5 Å². The molecule has 1 spiro atoms. The number of carbonyl (C=O) groups excluding carboxylic acids is 5. The van der Waals surface area contributed by atoms with Gasteiger partial charge < -0.3 is 29.5 Å². The molecule has 12 unspecified atom stereocenters. The molecule has 49 heavy (non-hydrogen) atoms. The number of allylic oxidation sites excluding steroid dienone is 2. The molecule has 5 saturated carbocycles. The predicted octanol–water partition coefficient (Wildman–Crippen LogP) is 2.47. The van der Waals surface area contributed by atoms with Crippen LogP contribution < -0.4 is 0 Å². The Kier molecular flexibility index (Phi) is 6.76. The lowest BCUT2D eigenvalue weighted by atomic mass is 9.42. The first-order valence-electron chi connectivity index (χ1n) is 17.4. The number of hydrogen-bond donors (Lipinski definition) is 3. The minimum atomic E-state index is -1.52. The van der Waals surface area contributed by atoms with Crippen molar-refractivity contribution in [2.24, 2.45) is 52.3 Å². The first-order valence-corrected chi connectivity index (χ1v) is 17.4. The lowest BCUT2D eigenvalue weighted by molar-refractivity contribution is -0.191. The largest absolute Gasteiger partial charge is 0.466 e. The lowest BCUT2D eigenvalue weighted by Gasteiger charge is -2.63. The Hall–Kier alpha value is -3.41. The second kappa shape index (κ2) is 10.1. The van der Waals surface area contributed by atoms with Gasteiger partial charge >= 0.3 is 17.9 Å². The molecule has 8 rings (SSSR count). The maximum atomic E-state index is 14.6. The molecule has 0 bridgehead atoms. The Morgan fingerprint density at radius 2 is 1.73 bits per heavy atom. The van der Waals surface area contributed by atoms with Crippen LogP contribution in [0.15, 0.2) is 45.1 Å². The summed E-state index contributed by atoms with van der Waals surface area (Å²) in [6.07, 6.45) is 1.84. The van der Waals surface area contributed by atoms with Crippen molar-refractivity contribution in [1.82, 2.24) is 0 Å². The summed E-state index contributed by atoms with van der Waals surface area (Å²) in [5.74, 6) is -5.25. The number of methoxy groups -OCH3 is 1. The topological polar surface area (TPSA) is 174 Å². The third-order valence-electron chi connectivity index (χ3n) is 14.6. The van der Waals surface area contributed by atoms with Crippen LogP contribution in [-0.2, 0) is 38.2 Å². The normalized spacial score (nSPS) is 46.2. The first-order chi connectivity index (χ1) is 23.1. The fraction of sp³-hybridized carbons (Fsp3) is 0.658. The summed E-state index contributed by atoms with van der Waals surface area (Å²) in [4.78, 5) is 67.5. The average Bonchev–Trinajstić information content (AvgIpc) is 3.98. The molecule has 1 aliphatic heterocycles. The van der Waals surface area contributed by atoms with E-state index in [1.54, 1.807) is 19.9 Å². The monoisotopic (exact) mass is 676 g/mol. The van der Waals surface area contributed by atoms with Crippen LogP contribution in [0.3, 0.4) is 0 Å². The number of aliphatic hydroxyl groups excluding tert-OH is 2. The first kappa shape index (κ1) is 32.8. The standard InChI is InChI=1S/C38H44O11/c1-7-15(2)32(43)48-14-37(46)24-11-23(24)35(4)25(37)12-22-20(13-39)34(45)49-38(22)26(35)10-18-17-9-21(17)36(5)28(18)29(38)27(30(41)31(36)42)19(8-16(3)40)33(44)47-6/h7,17,21,23-26,29,31,39,42,46H,8-14H2,1-6H3. The molecule has 11 heteroatoms. The second-order valence-corrected chi connectivity index (χ2v) is 16.3. The van der Waals surface area contributed by atoms with Gasteiger partial charge in [0.25, 0.3) is 0 Å². The van der Waals surface area contributed by atoms with E-state index in [0.29, 0.717) is 24.0 Å². The number of Topliss-reactive ketones (excluding diaryl/α,β-unsaturated/α-hetero) is 2. The van der Waals surface area contributed by atoms with Crippen molar-refractivity contribution in [2.75, 3.05) is 20.3 Å². The Morgan fingerprint density at radius 3 is 2.37 bits per heavy atom. The SMILES string of the molecule is CC=C(C)C(=O)OCC1(O)C2CC2C2(C)C1CC1=C(CO)C(=O)OC13C1C(=C(CC(C)=O)C(=O)OC)C(=O)C(O)C4(C)C1=C(CC32)C1CC14. The maximum absolute atomic E-state index is 14.6. The van der Waals surface area contributed by atoms with E-state index in [2.05, 4.69) is 6.92 Å². The highest BCUT2D eigenvalue weighted by Crippen LogP contribution is 2.83. The van der Waals surface area contributed by atoms with E-state index in [4.69, 9.17) is 14.2 Å². The number of carbonyl (C=O) groups is 5. The Bertz CT molecular complexity index is 1800. The molecule has 262 valence electrons. The van der Waals surface area contributed by atoms with Crippen molar-refractivity contribution in [3.63, 3.8) is 0 Å². The second-order valence-electron chi connectivity index (χ2n) is 16.3. The van der Waals surface area contributed by atoms with Gasteiger partial charge in [-0.05, 0) is 86.7 Å². The summed E-state index contributed by atoms with van der Waals surface area (Å²) in [6.45, 7) is 7.82. The van der Waals surface area contributed by atoms with Crippen LogP contribution >= 0.6 is 0 Å². The van der Waals surface area contributed by atoms with Gasteiger partial charge in [0.2, 0.25) is 0 Å². The summed E-state index contributed by atoms with van der Waals surface area (Å²) >= 11 is 0. The molecule has 8 aliphatic rings. The fourth-order valence-electron chi connectivity index (χ4n) is 12.3. The zero-order valence-electron chi connectivity index (χ0n) is 28.8. The number of fused-ring (bicyclic) bond motifs is 7. The molecule has 0 amide bonds. The molecule has 0 aromatic rings. The van der Waals surface area contributed by atoms with Gasteiger partial charge in [-0.15, -0.1) is 0 Å². The van der Waals surface area contributed by atoms with Crippen molar-refractivity contribution in [2.45, 2.75) is 84.0 Å². The molecule has 0 aromatic heterocycles. The highest BCUT2D eigenvalue weighted by atomic mass is 16.6. The molecule has 0 radical (unpaired) electrons. The van der Waals surface area contributed by atoms with Crippen molar-refractivity contribution in [3.8, 4) is 0 Å². The van der Waals surface area contributed by atoms with Crippen LogP contribution in [0.1, 0.15) is 66.7 Å². The predicted molar refractivity (Wildman–Crippen MR) is 170 cm³/mol. The summed E-state index contributed by atoms with van der Waals surface area (Å²) < 4.78 is 17.5. The molecular weight excluding hydrogens is 632 g/mol. The quantitative estimate of drug-likeness (QED) is 0.156. The summed E-state index contributed by atoms with van der Waals surface area (Å²) in [6, 6.07) is 0. The number of esters is 3. The molecule has 12 atom stereocenters. The third kappa shape index (κ3) is 3.71. The van der Waals surface area contributed by atoms with E-state index < -0.39 is 82.6 Å². The minimum Gasteiger partial charge on any atom is -0.466 e. The fourth-order valence-corrected chi connectivity index (χ4v) is 12.3. The zero-order chi connectivity index (χ0) is 35.3. The molecule has 3 N–H and O–H groups in total. The van der Waals surface area contributed by atoms with Crippen molar-refractivity contribution >= 4 is 29.5 Å². The van der Waals surface area contributed by atoms with Gasteiger partial charge in [0.05, 0.1) is 30.8 Å². The highest BCUT2D eigenvalue weighted by molar-refractivity contribution is 6.11. The molecule has 0 aromatic carbocycles. The van der Waals surface area contributed by atoms with E-state index >= 15 is 0 Å². The molecule has 0 saturated heterocycles. The van der Waals surface area contributed by atoms with Crippen LogP contribution in [0, 0.1) is 52.3 Å². The number of hydrogen-bond acceptors (Lipinski definition) is 11. The van der Waals surface area contributed by atoms with Gasteiger partial charge in [-0.25, -0.2) is 14.4 Å². The highest BCUT2D eigenvalue weighted by Gasteiger charge is 2.84. The van der Waals surface area contributed by atoms with E-state index in [-0.39, 0.29) is 59.2 Å². The van der Waals surface area contributed by atoms with E-state index in [1.165, 1.54) is 14.0 Å². The van der Waals surface area contributed by atoms with Crippen LogP contribution in [-0.4, -0.2) is 82.4 Å². The van der Waals surface area contributed by atoms with Crippen LogP contribution in [0.4, 0.5) is 0 Å². The number of ketones is 2. The smallest absolute Gasteiger partial charge is 0.337 e. The number of ether oxygens (including phenoxy) is 3. The Labute approximate surface area is 284 Å². The van der Waals surface area contributed by atoms with Gasteiger partial charge in [-0.2, -0.15) is 0 Å². The minimum absolute atomic E-state index is 0.0103. The number of aliphatic hydroxyl groups is 3. The molecular formula is C38H44O11. The Balaban J connectivity index is 1.38. The molecule has 1 heterocycles. The molecule has 7 aliphatic carbocycles. The summed E-state index contributed by atoms with van der Waals surface area (Å²) in [7, 11) is 1.17. The Morgan fingerprint density at radius 1 is 1.02 bits per heavy atom. The van der Waals surface area contributed by atoms with Crippen LogP contribution in [0.25, 0.3) is 0 Å². The van der Waals surface area contributed by atoms with Crippen molar-refractivity contribution in [1.29, 1.82) is 0 Å². The van der Waals surface area contributed by atoms with Crippen molar-refractivity contribution < 1.29 is 53.5 Å². The summed E-state index contributed by atoms with van der Waals surface area (Å²) in [5, 5.41) is 35.1.